The van der Waals surface area contributed by atoms with E-state index in [0.29, 0.717) is 41.3 Å². The molecular weight excluding hydrogens is 611 g/mol. The fraction of sp³-hybridized carbons (Fsp3) is 0.371. The van der Waals surface area contributed by atoms with Crippen LogP contribution in [-0.4, -0.2) is 39.7 Å². The summed E-state index contributed by atoms with van der Waals surface area (Å²) in [5.74, 6) is 3.04. The number of carbonyl (C=O) groups excluding carboxylic acids is 2. The van der Waals surface area contributed by atoms with Crippen LogP contribution in [0.5, 0.6) is 5.75 Å². The van der Waals surface area contributed by atoms with Gasteiger partial charge in [-0.05, 0) is 66.1 Å². The number of hydrogen-bond donors (Lipinski definition) is 2. The van der Waals surface area contributed by atoms with Crippen molar-refractivity contribution in [2.24, 2.45) is 5.41 Å². The van der Waals surface area contributed by atoms with Gasteiger partial charge in [-0.3, -0.25) is 9.59 Å². The number of rotatable bonds is 5. The van der Waals surface area contributed by atoms with Crippen LogP contribution in [0, 0.1) is 23.8 Å². The van der Waals surface area contributed by atoms with Crippen LogP contribution in [-0.2, 0) is 19.7 Å². The molecule has 1 spiro atoms. The minimum atomic E-state index is -1.68. The monoisotopic (exact) mass is 646 g/mol. The lowest BCUT2D eigenvalue weighted by atomic mass is 9.58. The normalized spacial score (nSPS) is 23.6. The molecule has 2 amide bonds. The Bertz CT molecular complexity index is 1740. The van der Waals surface area contributed by atoms with Crippen molar-refractivity contribution in [1.29, 1.82) is 0 Å². The second-order valence-electron chi connectivity index (χ2n) is 13.6. The summed E-state index contributed by atoms with van der Waals surface area (Å²) in [6.45, 7) is 12.4. The Morgan fingerprint density at radius 1 is 1.00 bits per heavy atom. The molecule has 2 N–H and O–H groups in total. The van der Waals surface area contributed by atoms with Crippen LogP contribution in [0.25, 0.3) is 0 Å². The summed E-state index contributed by atoms with van der Waals surface area (Å²) in [6, 6.07) is 16.2. The van der Waals surface area contributed by atoms with Crippen molar-refractivity contribution in [1.82, 2.24) is 5.32 Å². The molecule has 0 radical (unpaired) electrons. The van der Waals surface area contributed by atoms with E-state index in [1.807, 2.05) is 49.4 Å². The van der Waals surface area contributed by atoms with E-state index in [0.717, 1.165) is 27.8 Å². The largest absolute Gasteiger partial charge is 0.493 e. The molecule has 0 saturated carbocycles. The number of aryl methyl sites for hydroxylation is 1. The van der Waals surface area contributed by atoms with Gasteiger partial charge in [-0.2, -0.15) is 0 Å². The lowest BCUT2D eigenvalue weighted by Gasteiger charge is -2.47. The number of ether oxygens (including phenoxy) is 2. The van der Waals surface area contributed by atoms with Crippen LogP contribution in [0.15, 0.2) is 54.6 Å². The number of carbonyl (C=O) groups is 2. The molecule has 2 saturated heterocycles. The van der Waals surface area contributed by atoms with E-state index in [2.05, 4.69) is 48.7 Å². The van der Waals surface area contributed by atoms with Crippen molar-refractivity contribution in [2.75, 3.05) is 25.1 Å². The Morgan fingerprint density at radius 2 is 1.73 bits per heavy atom. The number of benzene rings is 3. The van der Waals surface area contributed by atoms with Gasteiger partial charge in [0.05, 0.1) is 25.9 Å². The summed E-state index contributed by atoms with van der Waals surface area (Å²) in [5.41, 5.74) is 6.81. The van der Waals surface area contributed by atoms with Gasteiger partial charge in [0.2, 0.25) is 11.8 Å². The molecule has 6 nitrogen and oxygen atoms in total. The zero-order valence-electron chi connectivity index (χ0n) is 25.6. The van der Waals surface area contributed by atoms with Gasteiger partial charge in [-0.15, -0.1) is 5.54 Å². The maximum atomic E-state index is 14.6. The molecule has 3 aliphatic rings. The SMILES string of the molecule is Cc1ccc(Cl)cc1C1NC(=O)CC(c2cc(C#C[Si](C)(C)C)ccc2OCC2(C)COC2)C12C(=O)Nc1cc(Cl)ccc12. The smallest absolute Gasteiger partial charge is 0.238 e. The highest BCUT2D eigenvalue weighted by Gasteiger charge is 2.62. The van der Waals surface area contributed by atoms with Gasteiger partial charge < -0.3 is 20.1 Å². The molecule has 0 bridgehead atoms. The van der Waals surface area contributed by atoms with Crippen LogP contribution in [0.2, 0.25) is 29.7 Å². The zero-order chi connectivity index (χ0) is 31.4. The zero-order valence-corrected chi connectivity index (χ0v) is 28.1. The molecule has 0 aliphatic carbocycles. The summed E-state index contributed by atoms with van der Waals surface area (Å²) in [5, 5.41) is 7.35. The average molecular weight is 648 g/mol. The molecule has 3 unspecified atom stereocenters. The van der Waals surface area contributed by atoms with Gasteiger partial charge in [0.25, 0.3) is 0 Å². The van der Waals surface area contributed by atoms with Gasteiger partial charge in [-0.1, -0.05) is 67.8 Å². The molecule has 2 fully saturated rings. The average Bonchev–Trinajstić information content (AvgIpc) is 3.22. The first kappa shape index (κ1) is 30.7. The lowest BCUT2D eigenvalue weighted by Crippen LogP contribution is -2.57. The van der Waals surface area contributed by atoms with Crippen molar-refractivity contribution in [2.45, 2.75) is 57.3 Å². The van der Waals surface area contributed by atoms with Gasteiger partial charge in [0, 0.05) is 44.6 Å². The minimum Gasteiger partial charge on any atom is -0.493 e. The Kier molecular flexibility index (Phi) is 7.86. The van der Waals surface area contributed by atoms with Crippen LogP contribution in [0.4, 0.5) is 5.69 Å². The predicted molar refractivity (Wildman–Crippen MR) is 177 cm³/mol. The Labute approximate surface area is 269 Å². The van der Waals surface area contributed by atoms with E-state index < -0.39 is 25.4 Å². The third-order valence-electron chi connectivity index (χ3n) is 8.75. The fourth-order valence-electron chi connectivity index (χ4n) is 6.52. The topological polar surface area (TPSA) is 76.7 Å². The van der Waals surface area contributed by atoms with Gasteiger partial charge in [-0.25, -0.2) is 0 Å². The first-order valence-corrected chi connectivity index (χ1v) is 19.1. The first-order chi connectivity index (χ1) is 20.8. The van der Waals surface area contributed by atoms with Crippen molar-refractivity contribution >= 4 is 48.8 Å². The third-order valence-corrected chi connectivity index (χ3v) is 10.1. The molecule has 0 aromatic heterocycles. The lowest BCUT2D eigenvalue weighted by molar-refractivity contribution is -0.131. The Balaban J connectivity index is 1.60. The predicted octanol–water partition coefficient (Wildman–Crippen LogP) is 7.18. The van der Waals surface area contributed by atoms with Gasteiger partial charge in [0.15, 0.2) is 0 Å². The summed E-state index contributed by atoms with van der Waals surface area (Å²) >= 11 is 12.9. The van der Waals surface area contributed by atoms with E-state index in [-0.39, 0.29) is 23.7 Å². The fourth-order valence-corrected chi connectivity index (χ4v) is 7.39. The molecule has 3 heterocycles. The minimum absolute atomic E-state index is 0.0766. The van der Waals surface area contributed by atoms with E-state index in [1.54, 1.807) is 12.1 Å². The molecule has 3 aromatic rings. The van der Waals surface area contributed by atoms with Crippen molar-refractivity contribution in [3.8, 4) is 17.2 Å². The number of fused-ring (bicyclic) bond motifs is 2. The number of nitrogens with one attached hydrogen (secondary N) is 2. The molecular formula is C35H36Cl2N2O4Si. The van der Waals surface area contributed by atoms with Gasteiger partial charge in [0.1, 0.15) is 19.2 Å². The molecule has 9 heteroatoms. The molecule has 44 heavy (non-hydrogen) atoms. The second-order valence-corrected chi connectivity index (χ2v) is 19.2. The summed E-state index contributed by atoms with van der Waals surface area (Å²) in [6.07, 6.45) is 0.0766. The van der Waals surface area contributed by atoms with Gasteiger partial charge >= 0.3 is 0 Å². The molecule has 3 aromatic carbocycles. The van der Waals surface area contributed by atoms with Crippen molar-refractivity contribution < 1.29 is 19.1 Å². The van der Waals surface area contributed by atoms with Crippen LogP contribution >= 0.6 is 23.2 Å². The Morgan fingerprint density at radius 3 is 2.43 bits per heavy atom. The maximum absolute atomic E-state index is 14.6. The standard InChI is InChI=1S/C35H36Cl2N2O4Si/c1-21-6-8-23(36)15-25(21)32-35(27-10-9-24(37)16-29(27)38-33(35)41)28(17-31(40)39-32)26-14-22(12-13-44(3,4)5)7-11-30(26)43-20-34(2)18-42-19-34/h6-11,14-16,28,32H,17-20H2,1-5H3,(H,38,41)(H,39,40). The number of anilines is 1. The number of amides is 2. The highest BCUT2D eigenvalue weighted by molar-refractivity contribution is 6.83. The molecule has 3 atom stereocenters. The summed E-state index contributed by atoms with van der Waals surface area (Å²) in [4.78, 5) is 28.3. The van der Waals surface area contributed by atoms with E-state index in [4.69, 9.17) is 32.7 Å². The van der Waals surface area contributed by atoms with E-state index in [9.17, 15) is 9.59 Å². The summed E-state index contributed by atoms with van der Waals surface area (Å²) < 4.78 is 12.0. The summed E-state index contributed by atoms with van der Waals surface area (Å²) in [7, 11) is -1.68. The highest BCUT2D eigenvalue weighted by atomic mass is 35.5. The van der Waals surface area contributed by atoms with E-state index in [1.165, 1.54) is 0 Å². The highest BCUT2D eigenvalue weighted by Crippen LogP contribution is 2.59. The number of piperidine rings is 1. The van der Waals surface area contributed by atoms with E-state index >= 15 is 0 Å². The van der Waals surface area contributed by atoms with Crippen LogP contribution in [0.3, 0.4) is 0 Å². The van der Waals surface area contributed by atoms with Crippen molar-refractivity contribution in [3.63, 3.8) is 0 Å². The number of halogens is 2. The molecule has 3 aliphatic heterocycles. The quantitative estimate of drug-likeness (QED) is 0.227. The molecule has 6 rings (SSSR count). The van der Waals surface area contributed by atoms with Crippen LogP contribution < -0.4 is 15.4 Å². The third kappa shape index (κ3) is 5.54. The second kappa shape index (κ2) is 11.3. The van der Waals surface area contributed by atoms with Crippen molar-refractivity contribution in [3.05, 3.63) is 92.5 Å². The molecule has 228 valence electrons. The Hall–Kier alpha value is -3.28. The maximum Gasteiger partial charge on any atom is 0.238 e. The number of hydrogen-bond acceptors (Lipinski definition) is 4. The first-order valence-electron chi connectivity index (χ1n) is 14.8. The van der Waals surface area contributed by atoms with Crippen LogP contribution in [0.1, 0.15) is 53.1 Å².